The minimum Gasteiger partial charge on any atom is -0.322 e. The van der Waals surface area contributed by atoms with E-state index in [1.807, 2.05) is 0 Å². The molecule has 1 fully saturated rings. The number of halogens is 3. The first-order chi connectivity index (χ1) is 12.6. The summed E-state index contributed by atoms with van der Waals surface area (Å²) in [5, 5.41) is 7.02. The van der Waals surface area contributed by atoms with Crippen LogP contribution in [0.2, 0.25) is 0 Å². The highest BCUT2D eigenvalue weighted by molar-refractivity contribution is 6.07. The minimum atomic E-state index is -4.65. The lowest BCUT2D eigenvalue weighted by Gasteiger charge is -2.21. The summed E-state index contributed by atoms with van der Waals surface area (Å²) < 4.78 is 39.1. The van der Waals surface area contributed by atoms with Gasteiger partial charge in [-0.15, -0.1) is 0 Å². The summed E-state index contributed by atoms with van der Waals surface area (Å²) in [4.78, 5) is 35.5. The topological polar surface area (TPSA) is 87.3 Å². The molecule has 4 amide bonds. The fourth-order valence-electron chi connectivity index (χ4n) is 2.76. The summed E-state index contributed by atoms with van der Waals surface area (Å²) in [6.45, 7) is 1.51. The lowest BCUT2D eigenvalue weighted by atomic mass is 9.92. The maximum absolute atomic E-state index is 13.0. The quantitative estimate of drug-likeness (QED) is 0.719. The van der Waals surface area contributed by atoms with Gasteiger partial charge >= 0.3 is 12.2 Å². The van der Waals surface area contributed by atoms with Crippen molar-refractivity contribution in [2.45, 2.75) is 18.6 Å². The van der Waals surface area contributed by atoms with E-state index in [4.69, 9.17) is 0 Å². The second-order valence-corrected chi connectivity index (χ2v) is 6.11. The first-order valence-electron chi connectivity index (χ1n) is 7.83. The molecule has 0 spiro atoms. The van der Waals surface area contributed by atoms with Crippen molar-refractivity contribution in [2.75, 3.05) is 5.32 Å². The molecule has 3 rings (SSSR count). The number of benzene rings is 2. The number of alkyl halides is 3. The van der Waals surface area contributed by atoms with E-state index in [2.05, 4.69) is 16.0 Å². The van der Waals surface area contributed by atoms with Crippen molar-refractivity contribution in [3.05, 3.63) is 65.2 Å². The standard InChI is InChI=1S/C18H14F3N3O3/c1-17(15(26)23-16(27)24-17)10-6-8-11(9-7-10)22-14(25)12-4-2-3-5-13(12)18(19,20)21/h2-9H,1H3,(H,22,25)(H2,23,24,26,27)/t17-/m1/s1. The number of rotatable bonds is 3. The Bertz CT molecular complexity index is 925. The average Bonchev–Trinajstić information content (AvgIpc) is 2.87. The molecule has 1 aliphatic rings. The Morgan fingerprint density at radius 2 is 1.67 bits per heavy atom. The summed E-state index contributed by atoms with van der Waals surface area (Å²) in [6, 6.07) is 9.72. The van der Waals surface area contributed by atoms with Gasteiger partial charge in [-0.25, -0.2) is 4.79 Å². The Hall–Kier alpha value is -3.36. The second kappa shape index (κ2) is 6.42. The minimum absolute atomic E-state index is 0.244. The predicted molar refractivity (Wildman–Crippen MR) is 89.9 cm³/mol. The van der Waals surface area contributed by atoms with Crippen LogP contribution < -0.4 is 16.0 Å². The Balaban J connectivity index is 1.81. The fraction of sp³-hybridized carbons (Fsp3) is 0.167. The van der Waals surface area contributed by atoms with E-state index >= 15 is 0 Å². The number of amides is 4. The molecule has 27 heavy (non-hydrogen) atoms. The molecule has 9 heteroatoms. The van der Waals surface area contributed by atoms with Crippen LogP contribution in [0.25, 0.3) is 0 Å². The molecule has 1 heterocycles. The third kappa shape index (κ3) is 3.48. The van der Waals surface area contributed by atoms with E-state index in [0.29, 0.717) is 5.56 Å². The van der Waals surface area contributed by atoms with E-state index in [1.165, 1.54) is 43.3 Å². The van der Waals surface area contributed by atoms with Crippen molar-refractivity contribution < 1.29 is 27.6 Å². The van der Waals surface area contributed by atoms with Crippen LogP contribution in [-0.4, -0.2) is 17.8 Å². The van der Waals surface area contributed by atoms with Gasteiger partial charge in [0, 0.05) is 5.69 Å². The van der Waals surface area contributed by atoms with Gasteiger partial charge in [-0.3, -0.25) is 14.9 Å². The summed E-state index contributed by atoms with van der Waals surface area (Å²) in [7, 11) is 0. The Morgan fingerprint density at radius 3 is 2.22 bits per heavy atom. The van der Waals surface area contributed by atoms with Crippen LogP contribution in [0, 0.1) is 0 Å². The maximum atomic E-state index is 13.0. The zero-order valence-corrected chi connectivity index (χ0v) is 14.0. The van der Waals surface area contributed by atoms with Crippen molar-refractivity contribution >= 4 is 23.5 Å². The third-order valence-electron chi connectivity index (χ3n) is 4.24. The molecular weight excluding hydrogens is 363 g/mol. The zero-order chi connectivity index (χ0) is 19.8. The van der Waals surface area contributed by atoms with Gasteiger partial charge < -0.3 is 10.6 Å². The van der Waals surface area contributed by atoms with Crippen molar-refractivity contribution in [2.24, 2.45) is 0 Å². The van der Waals surface area contributed by atoms with E-state index in [9.17, 15) is 27.6 Å². The molecule has 2 aromatic rings. The highest BCUT2D eigenvalue weighted by Crippen LogP contribution is 2.32. The van der Waals surface area contributed by atoms with E-state index in [-0.39, 0.29) is 5.69 Å². The SMILES string of the molecule is C[C@]1(c2ccc(NC(=O)c3ccccc3C(F)(F)F)cc2)NC(=O)NC1=O. The molecule has 0 bridgehead atoms. The number of nitrogens with one attached hydrogen (secondary N) is 3. The summed E-state index contributed by atoms with van der Waals surface area (Å²) in [6.07, 6.45) is -4.65. The number of hydrogen-bond acceptors (Lipinski definition) is 3. The number of imide groups is 1. The second-order valence-electron chi connectivity index (χ2n) is 6.11. The van der Waals surface area contributed by atoms with Crippen molar-refractivity contribution in [3.8, 4) is 0 Å². The molecule has 0 aliphatic carbocycles. The number of urea groups is 1. The average molecular weight is 377 g/mol. The van der Waals surface area contributed by atoms with Gasteiger partial charge in [-0.2, -0.15) is 13.2 Å². The lowest BCUT2D eigenvalue weighted by Crippen LogP contribution is -2.40. The highest BCUT2D eigenvalue weighted by atomic mass is 19.4. The van der Waals surface area contributed by atoms with Gasteiger partial charge in [-0.1, -0.05) is 24.3 Å². The summed E-state index contributed by atoms with van der Waals surface area (Å²) >= 11 is 0. The monoisotopic (exact) mass is 377 g/mol. The number of carbonyl (C=O) groups is 3. The Kier molecular flexibility index (Phi) is 4.38. The zero-order valence-electron chi connectivity index (χ0n) is 14.0. The molecule has 0 unspecified atom stereocenters. The first kappa shape index (κ1) is 18.4. The summed E-state index contributed by atoms with van der Waals surface area (Å²) in [5.41, 5.74) is -2.09. The van der Waals surface area contributed by atoms with Gasteiger partial charge in [-0.05, 0) is 36.8 Å². The summed E-state index contributed by atoms with van der Waals surface area (Å²) in [5.74, 6) is -1.43. The third-order valence-corrected chi connectivity index (χ3v) is 4.24. The molecule has 1 saturated heterocycles. The van der Waals surface area contributed by atoms with Gasteiger partial charge in [0.1, 0.15) is 5.54 Å². The van der Waals surface area contributed by atoms with Crippen LogP contribution in [0.3, 0.4) is 0 Å². The van der Waals surface area contributed by atoms with Crippen LogP contribution in [0.1, 0.15) is 28.4 Å². The number of hydrogen-bond donors (Lipinski definition) is 3. The largest absolute Gasteiger partial charge is 0.417 e. The molecule has 1 atom stereocenters. The number of carbonyl (C=O) groups excluding carboxylic acids is 3. The van der Waals surface area contributed by atoms with E-state index in [0.717, 1.165) is 12.1 Å². The highest BCUT2D eigenvalue weighted by Gasteiger charge is 2.43. The van der Waals surface area contributed by atoms with Crippen LogP contribution in [0.5, 0.6) is 0 Å². The van der Waals surface area contributed by atoms with Crippen LogP contribution >= 0.6 is 0 Å². The molecule has 6 nitrogen and oxygen atoms in total. The van der Waals surface area contributed by atoms with Crippen molar-refractivity contribution in [3.63, 3.8) is 0 Å². The van der Waals surface area contributed by atoms with Crippen molar-refractivity contribution in [1.29, 1.82) is 0 Å². The molecule has 3 N–H and O–H groups in total. The molecule has 140 valence electrons. The first-order valence-corrected chi connectivity index (χ1v) is 7.83. The fourth-order valence-corrected chi connectivity index (χ4v) is 2.76. The molecule has 0 saturated carbocycles. The van der Waals surface area contributed by atoms with Gasteiger partial charge in [0.15, 0.2) is 0 Å². The van der Waals surface area contributed by atoms with Crippen LogP contribution in [-0.2, 0) is 16.5 Å². The molecule has 0 aromatic heterocycles. The molecule has 1 aliphatic heterocycles. The molecule has 2 aromatic carbocycles. The van der Waals surface area contributed by atoms with Crippen LogP contribution in [0.4, 0.5) is 23.7 Å². The van der Waals surface area contributed by atoms with Gasteiger partial charge in [0.25, 0.3) is 11.8 Å². The van der Waals surface area contributed by atoms with E-state index in [1.54, 1.807) is 0 Å². The number of anilines is 1. The lowest BCUT2D eigenvalue weighted by molar-refractivity contribution is -0.137. The molecular formula is C18H14F3N3O3. The normalized spacial score (nSPS) is 19.4. The molecule has 0 radical (unpaired) electrons. The maximum Gasteiger partial charge on any atom is 0.417 e. The predicted octanol–water partition coefficient (Wildman–Crippen LogP) is 3.01. The van der Waals surface area contributed by atoms with Crippen LogP contribution in [0.15, 0.2) is 48.5 Å². The Morgan fingerprint density at radius 1 is 1.04 bits per heavy atom. The van der Waals surface area contributed by atoms with E-state index < -0.39 is 40.7 Å². The Labute approximate surface area is 151 Å². The van der Waals surface area contributed by atoms with Crippen molar-refractivity contribution in [1.82, 2.24) is 10.6 Å². The van der Waals surface area contributed by atoms with Gasteiger partial charge in [0.2, 0.25) is 0 Å². The van der Waals surface area contributed by atoms with Gasteiger partial charge in [0.05, 0.1) is 11.1 Å². The smallest absolute Gasteiger partial charge is 0.322 e.